The molecule has 2 amide bonds. The highest BCUT2D eigenvalue weighted by atomic mass is 35.5. The van der Waals surface area contributed by atoms with E-state index in [0.29, 0.717) is 27.0 Å². The number of halogens is 2. The summed E-state index contributed by atoms with van der Waals surface area (Å²) in [6.45, 7) is 5.11. The zero-order valence-electron chi connectivity index (χ0n) is 15.5. The first-order valence-corrected chi connectivity index (χ1v) is 9.22. The molecule has 0 aliphatic heterocycles. The second kappa shape index (κ2) is 8.04. The Hall–Kier alpha value is -2.83. The number of aryl methyl sites for hydroxylation is 1. The van der Waals surface area contributed by atoms with Crippen LogP contribution in [0.1, 0.15) is 28.7 Å². The molecule has 0 saturated carbocycles. The maximum atomic E-state index is 12.6. The fourth-order valence-corrected chi connectivity index (χ4v) is 3.03. The minimum atomic E-state index is -0.327. The summed E-state index contributed by atoms with van der Waals surface area (Å²) in [7, 11) is 0. The van der Waals surface area contributed by atoms with Crippen LogP contribution in [0.25, 0.3) is 5.69 Å². The maximum Gasteiger partial charge on any atom is 0.255 e. The summed E-state index contributed by atoms with van der Waals surface area (Å²) in [5.74, 6) is -0.572. The molecule has 0 aliphatic rings. The molecule has 0 saturated heterocycles. The number of aromatic nitrogens is 2. The van der Waals surface area contributed by atoms with Crippen LogP contribution in [0.15, 0.2) is 42.5 Å². The molecule has 0 unspecified atom stereocenters. The van der Waals surface area contributed by atoms with Gasteiger partial charge in [-0.05, 0) is 56.3 Å². The fraction of sp³-hybridized carbons (Fsp3) is 0.150. The summed E-state index contributed by atoms with van der Waals surface area (Å²) in [5.41, 5.74) is 3.71. The van der Waals surface area contributed by atoms with Gasteiger partial charge in [0.15, 0.2) is 0 Å². The van der Waals surface area contributed by atoms with Crippen molar-refractivity contribution in [2.45, 2.75) is 20.8 Å². The third kappa shape index (κ3) is 4.18. The molecule has 0 aliphatic carbocycles. The van der Waals surface area contributed by atoms with E-state index in [2.05, 4.69) is 15.7 Å². The van der Waals surface area contributed by atoms with E-state index in [4.69, 9.17) is 23.2 Å². The highest BCUT2D eigenvalue weighted by molar-refractivity contribution is 6.32. The van der Waals surface area contributed by atoms with Gasteiger partial charge in [-0.2, -0.15) is 5.10 Å². The van der Waals surface area contributed by atoms with Crippen molar-refractivity contribution in [1.29, 1.82) is 0 Å². The molecule has 1 aromatic heterocycles. The van der Waals surface area contributed by atoms with Gasteiger partial charge in [0.25, 0.3) is 5.91 Å². The van der Waals surface area contributed by atoms with E-state index >= 15 is 0 Å². The number of carbonyl (C=O) groups excluding carboxylic acids is 2. The Labute approximate surface area is 172 Å². The van der Waals surface area contributed by atoms with Gasteiger partial charge in [-0.1, -0.05) is 23.2 Å². The zero-order chi connectivity index (χ0) is 20.4. The van der Waals surface area contributed by atoms with Crippen molar-refractivity contribution in [2.24, 2.45) is 0 Å². The number of hydrogen-bond acceptors (Lipinski definition) is 3. The first-order chi connectivity index (χ1) is 13.3. The Bertz CT molecular complexity index is 1060. The number of nitrogens with zero attached hydrogens (tertiary/aromatic N) is 2. The van der Waals surface area contributed by atoms with Gasteiger partial charge in [0, 0.05) is 17.5 Å². The Morgan fingerprint density at radius 3 is 2.21 bits per heavy atom. The average Bonchev–Trinajstić information content (AvgIpc) is 2.91. The molecule has 6 nitrogen and oxygen atoms in total. The topological polar surface area (TPSA) is 76.0 Å². The lowest BCUT2D eigenvalue weighted by atomic mass is 10.1. The molecule has 3 rings (SSSR count). The van der Waals surface area contributed by atoms with Crippen LogP contribution in [0.3, 0.4) is 0 Å². The van der Waals surface area contributed by atoms with Gasteiger partial charge in [0.2, 0.25) is 5.91 Å². The molecule has 1 heterocycles. The highest BCUT2D eigenvalue weighted by Gasteiger charge is 2.13. The van der Waals surface area contributed by atoms with Crippen LogP contribution in [-0.4, -0.2) is 21.6 Å². The van der Waals surface area contributed by atoms with Gasteiger partial charge >= 0.3 is 0 Å². The van der Waals surface area contributed by atoms with E-state index in [1.807, 2.05) is 13.8 Å². The molecule has 0 fully saturated rings. The van der Waals surface area contributed by atoms with E-state index in [-0.39, 0.29) is 11.8 Å². The maximum absolute atomic E-state index is 12.6. The van der Waals surface area contributed by atoms with Gasteiger partial charge in [0.05, 0.1) is 33.5 Å². The lowest BCUT2D eigenvalue weighted by molar-refractivity contribution is -0.114. The van der Waals surface area contributed by atoms with Crippen molar-refractivity contribution in [3.05, 3.63) is 69.5 Å². The van der Waals surface area contributed by atoms with Crippen LogP contribution in [0.5, 0.6) is 0 Å². The first kappa shape index (κ1) is 19.9. The summed E-state index contributed by atoms with van der Waals surface area (Å²) in [5, 5.41) is 10.9. The zero-order valence-corrected chi connectivity index (χ0v) is 17.0. The molecule has 3 aromatic rings. The van der Waals surface area contributed by atoms with Crippen LogP contribution in [0.2, 0.25) is 10.0 Å². The second-order valence-electron chi connectivity index (χ2n) is 6.27. The molecule has 2 aromatic carbocycles. The Kier molecular flexibility index (Phi) is 5.72. The molecule has 0 atom stereocenters. The van der Waals surface area contributed by atoms with E-state index in [0.717, 1.165) is 17.1 Å². The molecular weight excluding hydrogens is 399 g/mol. The van der Waals surface area contributed by atoms with Crippen LogP contribution < -0.4 is 10.6 Å². The summed E-state index contributed by atoms with van der Waals surface area (Å²) in [6.07, 6.45) is 0. The third-order valence-electron chi connectivity index (χ3n) is 4.12. The Morgan fingerprint density at radius 1 is 0.964 bits per heavy atom. The predicted molar refractivity (Wildman–Crippen MR) is 112 cm³/mol. The van der Waals surface area contributed by atoms with Gasteiger partial charge in [-0.15, -0.1) is 0 Å². The Morgan fingerprint density at radius 2 is 1.64 bits per heavy atom. The summed E-state index contributed by atoms with van der Waals surface area (Å²) >= 11 is 12.2. The van der Waals surface area contributed by atoms with Gasteiger partial charge in [-0.3, -0.25) is 9.59 Å². The van der Waals surface area contributed by atoms with E-state index in [1.54, 1.807) is 47.1 Å². The molecule has 0 spiro atoms. The highest BCUT2D eigenvalue weighted by Crippen LogP contribution is 2.27. The summed E-state index contributed by atoms with van der Waals surface area (Å²) in [4.78, 5) is 24.0. The number of nitrogens with one attached hydrogen (secondary N) is 2. The van der Waals surface area contributed by atoms with Crippen molar-refractivity contribution in [2.75, 3.05) is 10.6 Å². The standard InChI is InChI=1S/C20H18Cl2N4O2/c1-11-19(22)12(2)26(25-11)16-7-4-14(5-8-16)20(28)24-18-10-15(21)6-9-17(18)23-13(3)27/h4-10H,1-3H3,(H,23,27)(H,24,28). The van der Waals surface area contributed by atoms with Crippen LogP contribution >= 0.6 is 23.2 Å². The van der Waals surface area contributed by atoms with E-state index < -0.39 is 0 Å². The van der Waals surface area contributed by atoms with Gasteiger partial charge < -0.3 is 10.6 Å². The van der Waals surface area contributed by atoms with Crippen molar-refractivity contribution in [1.82, 2.24) is 9.78 Å². The van der Waals surface area contributed by atoms with Crippen LogP contribution in [0, 0.1) is 13.8 Å². The minimum Gasteiger partial charge on any atom is -0.325 e. The predicted octanol–water partition coefficient (Wildman–Crippen LogP) is 5.01. The normalized spacial score (nSPS) is 10.6. The lowest BCUT2D eigenvalue weighted by Gasteiger charge is -2.12. The molecule has 144 valence electrons. The molecule has 8 heteroatoms. The van der Waals surface area contributed by atoms with Crippen LogP contribution in [0.4, 0.5) is 11.4 Å². The second-order valence-corrected chi connectivity index (χ2v) is 7.08. The molecule has 0 radical (unpaired) electrons. The van der Waals surface area contributed by atoms with Crippen molar-refractivity contribution >= 4 is 46.4 Å². The summed E-state index contributed by atoms with van der Waals surface area (Å²) in [6, 6.07) is 11.8. The number of amides is 2. The quantitative estimate of drug-likeness (QED) is 0.627. The first-order valence-electron chi connectivity index (χ1n) is 8.47. The average molecular weight is 417 g/mol. The number of carbonyl (C=O) groups is 2. The van der Waals surface area contributed by atoms with Gasteiger partial charge in [-0.25, -0.2) is 4.68 Å². The fourth-order valence-electron chi connectivity index (χ4n) is 2.74. The molecule has 2 N–H and O–H groups in total. The van der Waals surface area contributed by atoms with Gasteiger partial charge in [0.1, 0.15) is 0 Å². The van der Waals surface area contributed by atoms with Crippen LogP contribution in [-0.2, 0) is 4.79 Å². The number of benzene rings is 2. The van der Waals surface area contributed by atoms with E-state index in [9.17, 15) is 9.59 Å². The van der Waals surface area contributed by atoms with E-state index in [1.165, 1.54) is 6.92 Å². The van der Waals surface area contributed by atoms with Crippen molar-refractivity contribution < 1.29 is 9.59 Å². The monoisotopic (exact) mass is 416 g/mol. The number of hydrogen-bond donors (Lipinski definition) is 2. The Balaban J connectivity index is 1.83. The SMILES string of the molecule is CC(=O)Nc1ccc(Cl)cc1NC(=O)c1ccc(-n2nc(C)c(Cl)c2C)cc1. The lowest BCUT2D eigenvalue weighted by Crippen LogP contribution is -2.15. The molecular formula is C20H18Cl2N4O2. The van der Waals surface area contributed by atoms with Crippen molar-refractivity contribution in [3.63, 3.8) is 0 Å². The minimum absolute atomic E-state index is 0.245. The van der Waals surface area contributed by atoms with Crippen molar-refractivity contribution in [3.8, 4) is 5.69 Å². The largest absolute Gasteiger partial charge is 0.325 e. The number of rotatable bonds is 4. The summed E-state index contributed by atoms with van der Waals surface area (Å²) < 4.78 is 1.73. The third-order valence-corrected chi connectivity index (χ3v) is 4.90. The molecule has 0 bridgehead atoms. The number of anilines is 2. The molecule has 28 heavy (non-hydrogen) atoms. The smallest absolute Gasteiger partial charge is 0.255 e.